The van der Waals surface area contributed by atoms with Gasteiger partial charge in [0, 0.05) is 51.6 Å². The number of piperazine rings is 1. The lowest BCUT2D eigenvalue weighted by Gasteiger charge is -2.34. The Bertz CT molecular complexity index is 408. The van der Waals surface area contributed by atoms with E-state index in [1.54, 1.807) is 0 Å². The summed E-state index contributed by atoms with van der Waals surface area (Å²) in [5.41, 5.74) is 1.39. The molecule has 2 rings (SSSR count). The third-order valence-corrected chi connectivity index (χ3v) is 4.03. The zero-order valence-corrected chi connectivity index (χ0v) is 12.7. The average molecular weight is 290 g/mol. The van der Waals surface area contributed by atoms with Crippen molar-refractivity contribution < 1.29 is 4.79 Å². The molecule has 1 fully saturated rings. The van der Waals surface area contributed by atoms with Gasteiger partial charge >= 0.3 is 0 Å². The molecule has 1 saturated heterocycles. The second kappa shape index (κ2) is 8.96. The molecule has 0 aromatic heterocycles. The van der Waals surface area contributed by atoms with Crippen LogP contribution in [0.25, 0.3) is 0 Å². The highest BCUT2D eigenvalue weighted by molar-refractivity contribution is 5.80. The second-order valence-corrected chi connectivity index (χ2v) is 5.97. The van der Waals surface area contributed by atoms with Crippen molar-refractivity contribution in [1.29, 1.82) is 0 Å². The maximum atomic E-state index is 11.7. The number of carbonyl (C=O) groups excluding carboxylic acids is 1. The molecule has 0 unspecified atom stereocenters. The maximum absolute atomic E-state index is 11.7. The number of Topliss-reactive ketones (excluding diaryl/α,β-unsaturated/α-hetero) is 1. The molecular formula is C18H30N2O. The Morgan fingerprint density at radius 1 is 1.05 bits per heavy atom. The van der Waals surface area contributed by atoms with Gasteiger partial charge in [0.15, 0.2) is 0 Å². The Balaban J connectivity index is 0.00000220. The van der Waals surface area contributed by atoms with Gasteiger partial charge in [0.05, 0.1) is 0 Å². The lowest BCUT2D eigenvalue weighted by Crippen LogP contribution is -2.46. The van der Waals surface area contributed by atoms with Crippen molar-refractivity contribution in [3.05, 3.63) is 35.9 Å². The summed E-state index contributed by atoms with van der Waals surface area (Å²) in [6.07, 6.45) is 0.705. The number of ketones is 1. The zero-order chi connectivity index (χ0) is 14.4. The van der Waals surface area contributed by atoms with Gasteiger partial charge in [-0.1, -0.05) is 51.6 Å². The molecule has 0 aliphatic carbocycles. The number of benzene rings is 1. The van der Waals surface area contributed by atoms with Crippen LogP contribution in [-0.2, 0) is 11.3 Å². The first kappa shape index (κ1) is 17.9. The molecule has 1 aliphatic heterocycles. The van der Waals surface area contributed by atoms with Crippen LogP contribution in [-0.4, -0.2) is 48.3 Å². The quantitative estimate of drug-likeness (QED) is 0.804. The minimum atomic E-state index is 0. The minimum absolute atomic E-state index is 0. The molecule has 0 atom stereocenters. The molecule has 118 valence electrons. The number of rotatable bonds is 6. The first-order valence-electron chi connectivity index (χ1n) is 7.66. The van der Waals surface area contributed by atoms with Crippen LogP contribution in [0.3, 0.4) is 0 Å². The Hall–Kier alpha value is -1.19. The van der Waals surface area contributed by atoms with Crippen molar-refractivity contribution in [2.45, 2.75) is 34.2 Å². The predicted molar refractivity (Wildman–Crippen MR) is 89.4 cm³/mol. The van der Waals surface area contributed by atoms with Crippen LogP contribution in [0.2, 0.25) is 0 Å². The van der Waals surface area contributed by atoms with Crippen molar-refractivity contribution in [3.8, 4) is 0 Å². The standard InChI is InChI=1S/C17H26N2O.CH4/c1-15(2)17(20)8-9-18-10-12-19(13-11-18)14-16-6-4-3-5-7-16;/h3-7,15H,8-14H2,1-2H3;1H4. The second-order valence-electron chi connectivity index (χ2n) is 5.97. The third-order valence-electron chi connectivity index (χ3n) is 4.03. The SMILES string of the molecule is C.CC(C)C(=O)CCN1CCN(Cc2ccccc2)CC1. The van der Waals surface area contributed by atoms with Gasteiger partial charge < -0.3 is 4.90 Å². The van der Waals surface area contributed by atoms with E-state index in [1.807, 2.05) is 13.8 Å². The molecule has 1 aliphatic rings. The van der Waals surface area contributed by atoms with Gasteiger partial charge in [0.25, 0.3) is 0 Å². The highest BCUT2D eigenvalue weighted by Gasteiger charge is 2.18. The zero-order valence-electron chi connectivity index (χ0n) is 12.7. The topological polar surface area (TPSA) is 23.6 Å². The fraction of sp³-hybridized carbons (Fsp3) is 0.611. The summed E-state index contributed by atoms with van der Waals surface area (Å²) in [5.74, 6) is 0.561. The first-order valence-corrected chi connectivity index (χ1v) is 7.66. The van der Waals surface area contributed by atoms with Crippen molar-refractivity contribution in [3.63, 3.8) is 0 Å². The van der Waals surface area contributed by atoms with E-state index in [1.165, 1.54) is 5.56 Å². The molecule has 3 heteroatoms. The van der Waals surface area contributed by atoms with Crippen LogP contribution < -0.4 is 0 Å². The summed E-state index contributed by atoms with van der Waals surface area (Å²) in [6.45, 7) is 10.3. The number of nitrogens with zero attached hydrogens (tertiary/aromatic N) is 2. The monoisotopic (exact) mass is 290 g/mol. The van der Waals surface area contributed by atoms with Crippen LogP contribution in [0.4, 0.5) is 0 Å². The predicted octanol–water partition coefficient (Wildman–Crippen LogP) is 3.06. The Labute approximate surface area is 129 Å². The maximum Gasteiger partial charge on any atom is 0.136 e. The van der Waals surface area contributed by atoms with E-state index in [0.717, 1.165) is 39.3 Å². The number of carbonyl (C=O) groups is 1. The van der Waals surface area contributed by atoms with E-state index in [2.05, 4.69) is 40.1 Å². The van der Waals surface area contributed by atoms with Crippen LogP contribution in [0.1, 0.15) is 33.3 Å². The molecule has 3 nitrogen and oxygen atoms in total. The molecule has 0 spiro atoms. The van der Waals surface area contributed by atoms with E-state index in [0.29, 0.717) is 12.2 Å². The highest BCUT2D eigenvalue weighted by Crippen LogP contribution is 2.09. The van der Waals surface area contributed by atoms with Crippen LogP contribution in [0, 0.1) is 5.92 Å². The van der Waals surface area contributed by atoms with Crippen molar-refractivity contribution in [2.75, 3.05) is 32.7 Å². The van der Waals surface area contributed by atoms with Gasteiger partial charge in [-0.2, -0.15) is 0 Å². The lowest BCUT2D eigenvalue weighted by molar-refractivity contribution is -0.122. The first-order chi connectivity index (χ1) is 9.65. The molecule has 0 saturated carbocycles. The Kier molecular flexibility index (Phi) is 7.62. The van der Waals surface area contributed by atoms with E-state index < -0.39 is 0 Å². The van der Waals surface area contributed by atoms with Crippen LogP contribution in [0.5, 0.6) is 0 Å². The molecule has 1 heterocycles. The summed E-state index contributed by atoms with van der Waals surface area (Å²) < 4.78 is 0. The van der Waals surface area contributed by atoms with Crippen LogP contribution in [0.15, 0.2) is 30.3 Å². The average Bonchev–Trinajstić information content (AvgIpc) is 2.47. The number of hydrogen-bond donors (Lipinski definition) is 0. The molecule has 21 heavy (non-hydrogen) atoms. The smallest absolute Gasteiger partial charge is 0.136 e. The van der Waals surface area contributed by atoms with E-state index in [-0.39, 0.29) is 13.3 Å². The lowest BCUT2D eigenvalue weighted by atomic mass is 10.1. The molecule has 0 N–H and O–H groups in total. The van der Waals surface area contributed by atoms with Gasteiger partial charge in [-0.05, 0) is 5.56 Å². The van der Waals surface area contributed by atoms with Crippen LogP contribution >= 0.6 is 0 Å². The molecule has 1 aromatic carbocycles. The summed E-state index contributed by atoms with van der Waals surface area (Å²) in [6, 6.07) is 10.6. The van der Waals surface area contributed by atoms with Gasteiger partial charge in [-0.15, -0.1) is 0 Å². The molecule has 1 aromatic rings. The van der Waals surface area contributed by atoms with Gasteiger partial charge in [-0.3, -0.25) is 9.69 Å². The Morgan fingerprint density at radius 2 is 1.62 bits per heavy atom. The largest absolute Gasteiger partial charge is 0.300 e. The van der Waals surface area contributed by atoms with E-state index >= 15 is 0 Å². The number of hydrogen-bond acceptors (Lipinski definition) is 3. The summed E-state index contributed by atoms with van der Waals surface area (Å²) in [4.78, 5) is 16.6. The summed E-state index contributed by atoms with van der Waals surface area (Å²) >= 11 is 0. The molecule has 0 radical (unpaired) electrons. The molecular weight excluding hydrogens is 260 g/mol. The van der Waals surface area contributed by atoms with Crippen molar-refractivity contribution in [1.82, 2.24) is 9.80 Å². The Morgan fingerprint density at radius 3 is 2.19 bits per heavy atom. The van der Waals surface area contributed by atoms with E-state index in [9.17, 15) is 4.79 Å². The minimum Gasteiger partial charge on any atom is -0.300 e. The van der Waals surface area contributed by atoms with Crippen molar-refractivity contribution in [2.24, 2.45) is 5.92 Å². The van der Waals surface area contributed by atoms with Gasteiger partial charge in [0.1, 0.15) is 5.78 Å². The van der Waals surface area contributed by atoms with Gasteiger partial charge in [0.2, 0.25) is 0 Å². The fourth-order valence-corrected chi connectivity index (χ4v) is 2.57. The molecule has 0 bridgehead atoms. The van der Waals surface area contributed by atoms with E-state index in [4.69, 9.17) is 0 Å². The summed E-state index contributed by atoms with van der Waals surface area (Å²) in [5, 5.41) is 0. The molecule has 0 amide bonds. The normalized spacial score (nSPS) is 16.7. The van der Waals surface area contributed by atoms with Gasteiger partial charge in [-0.25, -0.2) is 0 Å². The van der Waals surface area contributed by atoms with Crippen molar-refractivity contribution >= 4 is 5.78 Å². The highest BCUT2D eigenvalue weighted by atomic mass is 16.1. The third kappa shape index (κ3) is 5.98. The fourth-order valence-electron chi connectivity index (χ4n) is 2.57. The summed E-state index contributed by atoms with van der Waals surface area (Å²) in [7, 11) is 0.